The number of hydrogen-bond donors (Lipinski definition) is 0. The monoisotopic (exact) mass is 222 g/mol. The van der Waals surface area contributed by atoms with Gasteiger partial charge in [-0.15, -0.1) is 0 Å². The lowest BCUT2D eigenvalue weighted by Gasteiger charge is -2.17. The summed E-state index contributed by atoms with van der Waals surface area (Å²) in [5.74, 6) is 0.941. The van der Waals surface area contributed by atoms with Crippen LogP contribution in [0.2, 0.25) is 0 Å². The van der Waals surface area contributed by atoms with E-state index in [0.717, 1.165) is 5.75 Å². The third-order valence-electron chi connectivity index (χ3n) is 3.07. The second kappa shape index (κ2) is 4.10. The predicted octanol–water partition coefficient (Wildman–Crippen LogP) is 4.14. The third kappa shape index (κ3) is 1.96. The zero-order valence-corrected chi connectivity index (χ0v) is 9.81. The van der Waals surface area contributed by atoms with Gasteiger partial charge in [-0.25, -0.2) is 0 Å². The first-order chi connectivity index (χ1) is 8.33. The molecule has 0 atom stereocenters. The smallest absolute Gasteiger partial charge is 0.120 e. The Morgan fingerprint density at radius 3 is 2.53 bits per heavy atom. The van der Waals surface area contributed by atoms with Crippen LogP contribution in [0.3, 0.4) is 0 Å². The summed E-state index contributed by atoms with van der Waals surface area (Å²) >= 11 is 0. The summed E-state index contributed by atoms with van der Waals surface area (Å²) in [5.41, 5.74) is 5.18. The van der Waals surface area contributed by atoms with Crippen molar-refractivity contribution in [2.45, 2.75) is 13.5 Å². The number of hydrogen-bond acceptors (Lipinski definition) is 1. The van der Waals surface area contributed by atoms with Crippen LogP contribution in [0.25, 0.3) is 11.6 Å². The van der Waals surface area contributed by atoms with E-state index >= 15 is 0 Å². The SMILES string of the molecule is CC1=Cc2cc(OCc3ccccc3)ccc21. The molecular weight excluding hydrogens is 208 g/mol. The van der Waals surface area contributed by atoms with Gasteiger partial charge in [-0.2, -0.15) is 0 Å². The van der Waals surface area contributed by atoms with Crippen molar-refractivity contribution >= 4 is 11.6 Å². The molecule has 0 aliphatic heterocycles. The van der Waals surface area contributed by atoms with Crippen LogP contribution in [0.4, 0.5) is 0 Å². The van der Waals surface area contributed by atoms with Crippen molar-refractivity contribution in [2.24, 2.45) is 0 Å². The number of allylic oxidation sites excluding steroid dienone is 1. The second-order valence-electron chi connectivity index (χ2n) is 4.35. The molecule has 0 bridgehead atoms. The van der Waals surface area contributed by atoms with Gasteiger partial charge in [0.15, 0.2) is 0 Å². The van der Waals surface area contributed by atoms with Crippen molar-refractivity contribution in [1.82, 2.24) is 0 Å². The molecule has 0 radical (unpaired) electrons. The van der Waals surface area contributed by atoms with Crippen LogP contribution in [0.1, 0.15) is 23.6 Å². The minimum Gasteiger partial charge on any atom is -0.489 e. The Morgan fingerprint density at radius 2 is 1.82 bits per heavy atom. The van der Waals surface area contributed by atoms with Gasteiger partial charge in [0, 0.05) is 0 Å². The summed E-state index contributed by atoms with van der Waals surface area (Å²) in [7, 11) is 0. The zero-order chi connectivity index (χ0) is 11.7. The Kier molecular flexibility index (Phi) is 2.45. The van der Waals surface area contributed by atoms with E-state index in [1.54, 1.807) is 0 Å². The molecule has 3 rings (SSSR count). The van der Waals surface area contributed by atoms with Gasteiger partial charge >= 0.3 is 0 Å². The van der Waals surface area contributed by atoms with Gasteiger partial charge in [-0.1, -0.05) is 42.5 Å². The average Bonchev–Trinajstić information content (AvgIpc) is 2.36. The molecule has 2 aromatic rings. The van der Waals surface area contributed by atoms with Crippen molar-refractivity contribution in [3.05, 3.63) is 65.2 Å². The molecule has 0 fully saturated rings. The zero-order valence-electron chi connectivity index (χ0n) is 9.81. The Morgan fingerprint density at radius 1 is 1.00 bits per heavy atom. The van der Waals surface area contributed by atoms with Crippen LogP contribution < -0.4 is 4.74 Å². The van der Waals surface area contributed by atoms with Gasteiger partial charge in [0.05, 0.1) is 0 Å². The Balaban J connectivity index is 1.70. The fourth-order valence-electron chi connectivity index (χ4n) is 2.08. The van der Waals surface area contributed by atoms with E-state index in [1.165, 1.54) is 22.3 Å². The lowest BCUT2D eigenvalue weighted by Crippen LogP contribution is -1.99. The standard InChI is InChI=1S/C16H14O/c1-12-9-14-10-15(7-8-16(12)14)17-11-13-5-3-2-4-6-13/h2-10H,11H2,1H3. The van der Waals surface area contributed by atoms with E-state index in [1.807, 2.05) is 24.3 Å². The lowest BCUT2D eigenvalue weighted by molar-refractivity contribution is 0.306. The number of benzene rings is 2. The van der Waals surface area contributed by atoms with Crippen LogP contribution in [0.15, 0.2) is 48.5 Å². The van der Waals surface area contributed by atoms with E-state index < -0.39 is 0 Å². The summed E-state index contributed by atoms with van der Waals surface area (Å²) in [6.07, 6.45) is 2.19. The van der Waals surface area contributed by atoms with E-state index in [2.05, 4.69) is 37.3 Å². The normalized spacial score (nSPS) is 12.4. The first kappa shape index (κ1) is 10.2. The maximum absolute atomic E-state index is 5.77. The minimum atomic E-state index is 0.627. The molecule has 0 saturated carbocycles. The maximum Gasteiger partial charge on any atom is 0.120 e. The Labute approximate surface area is 101 Å². The molecule has 0 saturated heterocycles. The molecule has 1 heteroatoms. The van der Waals surface area contributed by atoms with E-state index in [9.17, 15) is 0 Å². The summed E-state index contributed by atoms with van der Waals surface area (Å²) in [5, 5.41) is 0. The highest BCUT2D eigenvalue weighted by Crippen LogP contribution is 2.34. The van der Waals surface area contributed by atoms with Gasteiger partial charge < -0.3 is 4.74 Å². The predicted molar refractivity (Wildman–Crippen MR) is 70.8 cm³/mol. The summed E-state index contributed by atoms with van der Waals surface area (Å²) < 4.78 is 5.77. The van der Waals surface area contributed by atoms with Crippen LogP contribution in [0.5, 0.6) is 5.75 Å². The average molecular weight is 222 g/mol. The Bertz CT molecular complexity index is 567. The highest BCUT2D eigenvalue weighted by atomic mass is 16.5. The largest absolute Gasteiger partial charge is 0.489 e. The van der Waals surface area contributed by atoms with Gasteiger partial charge in [0.2, 0.25) is 0 Å². The molecule has 1 aliphatic rings. The van der Waals surface area contributed by atoms with Crippen LogP contribution >= 0.6 is 0 Å². The van der Waals surface area contributed by atoms with E-state index in [4.69, 9.17) is 4.74 Å². The first-order valence-electron chi connectivity index (χ1n) is 5.82. The molecule has 0 N–H and O–H groups in total. The van der Waals surface area contributed by atoms with E-state index in [0.29, 0.717) is 6.61 Å². The van der Waals surface area contributed by atoms with Crippen LogP contribution in [-0.2, 0) is 6.61 Å². The molecule has 0 aromatic heterocycles. The first-order valence-corrected chi connectivity index (χ1v) is 5.82. The second-order valence-corrected chi connectivity index (χ2v) is 4.35. The quantitative estimate of drug-likeness (QED) is 0.758. The fourth-order valence-corrected chi connectivity index (χ4v) is 2.08. The number of fused-ring (bicyclic) bond motifs is 1. The van der Waals surface area contributed by atoms with Crippen molar-refractivity contribution < 1.29 is 4.74 Å². The summed E-state index contributed by atoms with van der Waals surface area (Å²) in [6, 6.07) is 16.5. The molecule has 0 spiro atoms. The van der Waals surface area contributed by atoms with Gasteiger partial charge in [0.25, 0.3) is 0 Å². The molecule has 2 aromatic carbocycles. The van der Waals surface area contributed by atoms with Gasteiger partial charge in [0.1, 0.15) is 12.4 Å². The molecule has 84 valence electrons. The van der Waals surface area contributed by atoms with Crippen LogP contribution in [-0.4, -0.2) is 0 Å². The van der Waals surface area contributed by atoms with Crippen molar-refractivity contribution in [3.63, 3.8) is 0 Å². The van der Waals surface area contributed by atoms with Crippen molar-refractivity contribution in [2.75, 3.05) is 0 Å². The highest BCUT2D eigenvalue weighted by molar-refractivity contribution is 5.94. The number of ether oxygens (including phenoxy) is 1. The topological polar surface area (TPSA) is 9.23 Å². The van der Waals surface area contributed by atoms with Crippen molar-refractivity contribution in [3.8, 4) is 5.75 Å². The van der Waals surface area contributed by atoms with Crippen molar-refractivity contribution in [1.29, 1.82) is 0 Å². The molecule has 0 amide bonds. The van der Waals surface area contributed by atoms with Gasteiger partial charge in [-0.05, 0) is 41.3 Å². The minimum absolute atomic E-state index is 0.627. The van der Waals surface area contributed by atoms with E-state index in [-0.39, 0.29) is 0 Å². The molecule has 0 heterocycles. The molecule has 1 aliphatic carbocycles. The molecule has 1 nitrogen and oxygen atoms in total. The molecule has 0 unspecified atom stereocenters. The Hall–Kier alpha value is -2.02. The van der Waals surface area contributed by atoms with Crippen LogP contribution in [0, 0.1) is 0 Å². The molecular formula is C16H14O. The summed E-state index contributed by atoms with van der Waals surface area (Å²) in [6.45, 7) is 2.76. The third-order valence-corrected chi connectivity index (χ3v) is 3.07. The highest BCUT2D eigenvalue weighted by Gasteiger charge is 2.12. The fraction of sp³-hybridized carbons (Fsp3) is 0.125. The summed E-state index contributed by atoms with van der Waals surface area (Å²) in [4.78, 5) is 0. The molecule has 17 heavy (non-hydrogen) atoms. The maximum atomic E-state index is 5.77. The number of rotatable bonds is 3. The van der Waals surface area contributed by atoms with Gasteiger partial charge in [-0.3, -0.25) is 0 Å². The lowest BCUT2D eigenvalue weighted by atomic mass is 9.90.